The number of amides is 1. The number of carbonyl (C=O) groups excluding carboxylic acids is 1. The van der Waals surface area contributed by atoms with Crippen LogP contribution in [0.1, 0.15) is 12.8 Å². The molecule has 2 saturated heterocycles. The van der Waals surface area contributed by atoms with Crippen LogP contribution in [0.15, 0.2) is 12.7 Å². The van der Waals surface area contributed by atoms with Gasteiger partial charge >= 0.3 is 0 Å². The monoisotopic (exact) mass is 180 g/mol. The van der Waals surface area contributed by atoms with Gasteiger partial charge in [-0.15, -0.1) is 6.58 Å². The first-order valence-electron chi connectivity index (χ1n) is 4.95. The Hall–Kier alpha value is -0.830. The number of hydrogen-bond acceptors (Lipinski definition) is 2. The van der Waals surface area contributed by atoms with Gasteiger partial charge in [-0.1, -0.05) is 6.08 Å². The predicted molar refractivity (Wildman–Crippen MR) is 51.3 cm³/mol. The van der Waals surface area contributed by atoms with E-state index in [0.29, 0.717) is 6.04 Å². The fraction of sp³-hybridized carbons (Fsp3) is 0.700. The molecule has 2 aliphatic rings. The summed E-state index contributed by atoms with van der Waals surface area (Å²) in [4.78, 5) is 13.8. The maximum absolute atomic E-state index is 11.4. The van der Waals surface area contributed by atoms with Crippen LogP contribution in [0.2, 0.25) is 0 Å². The summed E-state index contributed by atoms with van der Waals surface area (Å²) in [6.45, 7) is 6.60. The van der Waals surface area contributed by atoms with E-state index in [1.165, 1.54) is 0 Å². The first-order chi connectivity index (χ1) is 6.33. The molecule has 0 bridgehead atoms. The average molecular weight is 180 g/mol. The van der Waals surface area contributed by atoms with Crippen molar-refractivity contribution in [2.24, 2.45) is 5.92 Å². The maximum Gasteiger partial charge on any atom is 0.224 e. The molecule has 0 radical (unpaired) electrons. The minimum Gasteiger partial charge on any atom is -0.354 e. The highest BCUT2D eigenvalue weighted by Gasteiger charge is 2.39. The van der Waals surface area contributed by atoms with Crippen molar-refractivity contribution >= 4 is 5.91 Å². The third-order valence-electron chi connectivity index (χ3n) is 3.08. The summed E-state index contributed by atoms with van der Waals surface area (Å²) in [5, 5.41) is 2.94. The van der Waals surface area contributed by atoms with Crippen LogP contribution in [0, 0.1) is 5.92 Å². The highest BCUT2D eigenvalue weighted by atomic mass is 16.2. The van der Waals surface area contributed by atoms with Gasteiger partial charge < -0.3 is 5.32 Å². The molecule has 2 fully saturated rings. The maximum atomic E-state index is 11.4. The van der Waals surface area contributed by atoms with Gasteiger partial charge in [-0.05, 0) is 19.4 Å². The van der Waals surface area contributed by atoms with Crippen LogP contribution < -0.4 is 5.32 Å². The van der Waals surface area contributed by atoms with E-state index in [1.54, 1.807) is 0 Å². The summed E-state index contributed by atoms with van der Waals surface area (Å²) in [5.41, 5.74) is 0. The van der Waals surface area contributed by atoms with E-state index >= 15 is 0 Å². The molecular formula is C10H16N2O. The van der Waals surface area contributed by atoms with E-state index in [9.17, 15) is 4.79 Å². The number of nitrogens with one attached hydrogen (secondary N) is 1. The lowest BCUT2D eigenvalue weighted by molar-refractivity contribution is -0.124. The van der Waals surface area contributed by atoms with Gasteiger partial charge in [0.1, 0.15) is 0 Å². The van der Waals surface area contributed by atoms with Gasteiger partial charge in [0.05, 0.1) is 5.92 Å². The van der Waals surface area contributed by atoms with Crippen molar-refractivity contribution in [2.75, 3.05) is 19.6 Å². The molecule has 1 N–H and O–H groups in total. The summed E-state index contributed by atoms with van der Waals surface area (Å²) in [6, 6.07) is 0.430. The molecular weight excluding hydrogens is 164 g/mol. The Morgan fingerprint density at radius 2 is 2.54 bits per heavy atom. The van der Waals surface area contributed by atoms with Gasteiger partial charge in [-0.3, -0.25) is 9.69 Å². The summed E-state index contributed by atoms with van der Waals surface area (Å²) < 4.78 is 0. The zero-order chi connectivity index (χ0) is 9.26. The molecule has 2 aliphatic heterocycles. The summed E-state index contributed by atoms with van der Waals surface area (Å²) in [6.07, 6.45) is 4.12. The minimum atomic E-state index is 0.244. The normalized spacial score (nSPS) is 34.0. The van der Waals surface area contributed by atoms with E-state index in [1.807, 2.05) is 6.08 Å². The molecule has 0 saturated carbocycles. The summed E-state index contributed by atoms with van der Waals surface area (Å²) >= 11 is 0. The molecule has 0 aromatic heterocycles. The Labute approximate surface area is 78.8 Å². The number of piperidine rings is 1. The number of nitrogens with zero attached hydrogens (tertiary/aromatic N) is 1. The van der Waals surface area contributed by atoms with Crippen LogP contribution in [0.5, 0.6) is 0 Å². The summed E-state index contributed by atoms with van der Waals surface area (Å²) in [5.74, 6) is 0.493. The van der Waals surface area contributed by atoms with Crippen molar-refractivity contribution < 1.29 is 4.79 Å². The molecule has 13 heavy (non-hydrogen) atoms. The van der Waals surface area contributed by atoms with Gasteiger partial charge in [0.15, 0.2) is 0 Å². The lowest BCUT2D eigenvalue weighted by Crippen LogP contribution is -2.45. The largest absolute Gasteiger partial charge is 0.354 e. The molecule has 1 amide bonds. The molecule has 3 nitrogen and oxygen atoms in total. The van der Waals surface area contributed by atoms with Crippen molar-refractivity contribution in [2.45, 2.75) is 18.9 Å². The predicted octanol–water partition coefficient (Wildman–Crippen LogP) is 0.383. The van der Waals surface area contributed by atoms with Crippen molar-refractivity contribution in [3.63, 3.8) is 0 Å². The molecule has 0 aromatic rings. The quantitative estimate of drug-likeness (QED) is 0.623. The van der Waals surface area contributed by atoms with Gasteiger partial charge in [-0.2, -0.15) is 0 Å². The molecule has 2 unspecified atom stereocenters. The number of likely N-dealkylation sites (tertiary alicyclic amines) is 1. The van der Waals surface area contributed by atoms with Crippen LogP contribution in [-0.2, 0) is 4.79 Å². The van der Waals surface area contributed by atoms with Crippen molar-refractivity contribution in [3.05, 3.63) is 12.7 Å². The van der Waals surface area contributed by atoms with Gasteiger partial charge in [0.25, 0.3) is 0 Å². The Bertz CT molecular complexity index is 227. The zero-order valence-electron chi connectivity index (χ0n) is 7.83. The second kappa shape index (κ2) is 3.50. The highest BCUT2D eigenvalue weighted by molar-refractivity contribution is 5.82. The molecule has 0 aromatic carbocycles. The molecule has 2 rings (SSSR count). The van der Waals surface area contributed by atoms with Crippen LogP contribution >= 0.6 is 0 Å². The SMILES string of the molecule is C=CCN1CCCC2C(=O)NCC21. The molecule has 0 spiro atoms. The van der Waals surface area contributed by atoms with Gasteiger partial charge in [-0.25, -0.2) is 0 Å². The van der Waals surface area contributed by atoms with E-state index in [4.69, 9.17) is 0 Å². The smallest absolute Gasteiger partial charge is 0.224 e. The van der Waals surface area contributed by atoms with Crippen molar-refractivity contribution in [1.82, 2.24) is 10.2 Å². The minimum absolute atomic E-state index is 0.244. The van der Waals surface area contributed by atoms with E-state index in [0.717, 1.165) is 32.5 Å². The fourth-order valence-electron chi connectivity index (χ4n) is 2.43. The Kier molecular flexibility index (Phi) is 2.36. The first kappa shape index (κ1) is 8.75. The second-order valence-corrected chi connectivity index (χ2v) is 3.84. The Balaban J connectivity index is 2.06. The second-order valence-electron chi connectivity index (χ2n) is 3.84. The molecule has 2 heterocycles. The van der Waals surface area contributed by atoms with E-state index < -0.39 is 0 Å². The first-order valence-corrected chi connectivity index (χ1v) is 4.95. The summed E-state index contributed by atoms with van der Waals surface area (Å²) in [7, 11) is 0. The van der Waals surface area contributed by atoms with E-state index in [-0.39, 0.29) is 11.8 Å². The van der Waals surface area contributed by atoms with Crippen LogP contribution in [-0.4, -0.2) is 36.5 Å². The van der Waals surface area contributed by atoms with Crippen LogP contribution in [0.3, 0.4) is 0 Å². The lowest BCUT2D eigenvalue weighted by Gasteiger charge is -2.34. The number of hydrogen-bond donors (Lipinski definition) is 1. The molecule has 2 atom stereocenters. The van der Waals surface area contributed by atoms with Crippen LogP contribution in [0.25, 0.3) is 0 Å². The van der Waals surface area contributed by atoms with Gasteiger partial charge in [0.2, 0.25) is 5.91 Å². The average Bonchev–Trinajstić information content (AvgIpc) is 2.50. The third kappa shape index (κ3) is 1.48. The number of fused-ring (bicyclic) bond motifs is 1. The Morgan fingerprint density at radius 1 is 1.69 bits per heavy atom. The number of rotatable bonds is 2. The van der Waals surface area contributed by atoms with E-state index in [2.05, 4.69) is 16.8 Å². The lowest BCUT2D eigenvalue weighted by atomic mass is 9.91. The molecule has 72 valence electrons. The molecule has 0 aliphatic carbocycles. The third-order valence-corrected chi connectivity index (χ3v) is 3.08. The standard InChI is InChI=1S/C10H16N2O/c1-2-5-12-6-3-4-8-9(12)7-11-10(8)13/h2,8-9H,1,3-7H2,(H,11,13). The fourth-order valence-corrected chi connectivity index (χ4v) is 2.43. The van der Waals surface area contributed by atoms with Gasteiger partial charge in [0, 0.05) is 19.1 Å². The van der Waals surface area contributed by atoms with Crippen molar-refractivity contribution in [3.8, 4) is 0 Å². The topological polar surface area (TPSA) is 32.3 Å². The zero-order valence-corrected chi connectivity index (χ0v) is 7.83. The van der Waals surface area contributed by atoms with Crippen molar-refractivity contribution in [1.29, 1.82) is 0 Å². The highest BCUT2D eigenvalue weighted by Crippen LogP contribution is 2.26. The molecule has 3 heteroatoms. The Morgan fingerprint density at radius 3 is 3.31 bits per heavy atom. The van der Waals surface area contributed by atoms with Crippen LogP contribution in [0.4, 0.5) is 0 Å². The number of carbonyl (C=O) groups is 1.